The molecule has 2 rings (SSSR count). The van der Waals surface area contributed by atoms with Crippen LogP contribution in [0.15, 0.2) is 48.5 Å². The molecule has 2 aromatic rings. The number of rotatable bonds is 2. The molecule has 0 aliphatic rings. The molecule has 0 amide bonds. The van der Waals surface area contributed by atoms with Crippen LogP contribution in [0.1, 0.15) is 60.8 Å². The van der Waals surface area contributed by atoms with E-state index in [4.69, 9.17) is 0 Å². The summed E-state index contributed by atoms with van der Waals surface area (Å²) in [6.45, 7) is 16.2. The van der Waals surface area contributed by atoms with E-state index in [2.05, 4.69) is 103 Å². The van der Waals surface area contributed by atoms with Crippen molar-refractivity contribution in [3.63, 3.8) is 0 Å². The maximum Gasteiger partial charge on any atom is 1.00 e. The standard InChI is InChI=1S/C10H8.3C4H9.3Li.Na/c1-2-6-10-8-4-3-7-9(10)5-1;1-4(2)3;2*1-3-4-2;;;;/h1-8H;1-3H3;3H,4H2,1-2H3;1,3-4H2,2H3;;;;/q;3*-1;3*+1;. The first kappa shape index (κ1) is 41.8. The maximum absolute atomic E-state index is 3.60. The van der Waals surface area contributed by atoms with Crippen molar-refractivity contribution < 1.29 is 56.6 Å². The first-order chi connectivity index (χ1) is 10.5. The summed E-state index contributed by atoms with van der Waals surface area (Å²) in [5, 5.41) is 2.62. The molecule has 0 aromatic heterocycles. The van der Waals surface area contributed by atoms with Crippen LogP contribution < -0.4 is 56.6 Å². The molecule has 0 spiro atoms. The van der Waals surface area contributed by atoms with Gasteiger partial charge in [0.25, 0.3) is 0 Å². The Morgan fingerprint density at radius 3 is 1.12 bits per heavy atom. The Hall–Kier alpha value is 1.49. The SMILES string of the molecule is C[C-](C)C.C[CH-]CC.[CH2-]CCC.[Li+].[Li+].[Li+].[Na].c1ccc2ccccc2c1. The van der Waals surface area contributed by atoms with Crippen molar-refractivity contribution in [2.75, 3.05) is 0 Å². The van der Waals surface area contributed by atoms with Gasteiger partial charge in [-0.15, -0.1) is 0 Å². The van der Waals surface area contributed by atoms with Crippen LogP contribution >= 0.6 is 0 Å². The van der Waals surface area contributed by atoms with Gasteiger partial charge in [0.15, 0.2) is 0 Å². The first-order valence-corrected chi connectivity index (χ1v) is 8.30. The van der Waals surface area contributed by atoms with Crippen LogP contribution in [0.4, 0.5) is 0 Å². The van der Waals surface area contributed by atoms with E-state index >= 15 is 0 Å². The number of benzene rings is 2. The second-order valence-electron chi connectivity index (χ2n) is 5.52. The normalized spacial score (nSPS) is 7.54. The summed E-state index contributed by atoms with van der Waals surface area (Å²) < 4.78 is 0. The van der Waals surface area contributed by atoms with Crippen LogP contribution in [0.5, 0.6) is 0 Å². The summed E-state index contributed by atoms with van der Waals surface area (Å²) in [4.78, 5) is 0. The summed E-state index contributed by atoms with van der Waals surface area (Å²) in [5.74, 6) is 1.42. The van der Waals surface area contributed by atoms with E-state index < -0.39 is 0 Å². The fourth-order valence-corrected chi connectivity index (χ4v) is 1.13. The molecule has 0 atom stereocenters. The van der Waals surface area contributed by atoms with Crippen molar-refractivity contribution in [3.05, 3.63) is 67.8 Å². The van der Waals surface area contributed by atoms with E-state index in [1.807, 2.05) is 0 Å². The van der Waals surface area contributed by atoms with Crippen LogP contribution in [0.3, 0.4) is 0 Å². The molecule has 0 nitrogen and oxygen atoms in total. The van der Waals surface area contributed by atoms with Gasteiger partial charge in [0.1, 0.15) is 0 Å². The largest absolute Gasteiger partial charge is 1.00 e. The third-order valence-corrected chi connectivity index (χ3v) is 2.42. The minimum absolute atomic E-state index is 0. The van der Waals surface area contributed by atoms with Gasteiger partial charge in [-0.25, -0.2) is 0 Å². The Morgan fingerprint density at radius 1 is 0.808 bits per heavy atom. The maximum atomic E-state index is 3.60. The average Bonchev–Trinajstić information content (AvgIpc) is 2.55. The van der Waals surface area contributed by atoms with Gasteiger partial charge >= 0.3 is 56.6 Å². The minimum Gasteiger partial charge on any atom is -0.343 e. The predicted molar refractivity (Wildman–Crippen MR) is 110 cm³/mol. The van der Waals surface area contributed by atoms with Gasteiger partial charge in [-0.05, 0) is 10.8 Å². The van der Waals surface area contributed by atoms with Crippen LogP contribution in [-0.4, -0.2) is 29.6 Å². The van der Waals surface area contributed by atoms with Crippen molar-refractivity contribution in [1.82, 2.24) is 0 Å². The van der Waals surface area contributed by atoms with E-state index in [0.29, 0.717) is 0 Å². The zero-order valence-electron chi connectivity index (χ0n) is 19.5. The Labute approximate surface area is 223 Å². The molecular formula is C22H35Li3Na. The van der Waals surface area contributed by atoms with Gasteiger partial charge < -0.3 is 19.3 Å². The van der Waals surface area contributed by atoms with Crippen molar-refractivity contribution in [2.24, 2.45) is 0 Å². The molecule has 127 valence electrons. The smallest absolute Gasteiger partial charge is 0.343 e. The summed E-state index contributed by atoms with van der Waals surface area (Å²) in [7, 11) is 0. The summed E-state index contributed by atoms with van der Waals surface area (Å²) in [6.07, 6.45) is 5.60. The fourth-order valence-electron chi connectivity index (χ4n) is 1.13. The quantitative estimate of drug-likeness (QED) is 0.452. The third kappa shape index (κ3) is 33.1. The molecule has 0 saturated heterocycles. The Bertz CT molecular complexity index is 372. The molecule has 4 heteroatoms. The number of hydrogen-bond acceptors (Lipinski definition) is 0. The van der Waals surface area contributed by atoms with Gasteiger partial charge in [-0.3, -0.25) is 0 Å². The second kappa shape index (κ2) is 34.0. The first-order valence-electron chi connectivity index (χ1n) is 8.30. The second-order valence-corrected chi connectivity index (χ2v) is 5.52. The summed E-state index contributed by atoms with van der Waals surface area (Å²) >= 11 is 0. The zero-order chi connectivity index (χ0) is 17.2. The Balaban J connectivity index is -0.0000000548. The van der Waals surface area contributed by atoms with E-state index in [1.165, 1.54) is 29.5 Å². The fraction of sp³-hybridized carbons (Fsp3) is 0.409. The molecule has 0 fully saturated rings. The van der Waals surface area contributed by atoms with Crippen molar-refractivity contribution in [2.45, 2.75) is 60.8 Å². The van der Waals surface area contributed by atoms with Gasteiger partial charge in [0.2, 0.25) is 0 Å². The van der Waals surface area contributed by atoms with Crippen LogP contribution in [0.25, 0.3) is 10.8 Å². The van der Waals surface area contributed by atoms with Gasteiger partial charge in [-0.2, -0.15) is 40.5 Å². The Morgan fingerprint density at radius 2 is 1.00 bits per heavy atom. The molecule has 26 heavy (non-hydrogen) atoms. The molecule has 0 saturated carbocycles. The van der Waals surface area contributed by atoms with E-state index in [9.17, 15) is 0 Å². The molecule has 0 N–H and O–H groups in total. The third-order valence-electron chi connectivity index (χ3n) is 2.42. The molecule has 0 aliphatic heterocycles. The number of hydrogen-bond donors (Lipinski definition) is 0. The van der Waals surface area contributed by atoms with Crippen molar-refractivity contribution in [3.8, 4) is 0 Å². The Kier molecular flexibility index (Phi) is 54.7. The number of fused-ring (bicyclic) bond motifs is 1. The monoisotopic (exact) mass is 343 g/mol. The molecule has 0 aliphatic carbocycles. The van der Waals surface area contributed by atoms with E-state index in [1.54, 1.807) is 0 Å². The van der Waals surface area contributed by atoms with Crippen LogP contribution in [0, 0.1) is 19.3 Å². The minimum atomic E-state index is 0. The molecule has 1 radical (unpaired) electrons. The van der Waals surface area contributed by atoms with Crippen LogP contribution in [0.2, 0.25) is 0 Å². The van der Waals surface area contributed by atoms with Gasteiger partial charge in [0.05, 0.1) is 0 Å². The van der Waals surface area contributed by atoms with Crippen molar-refractivity contribution >= 4 is 40.3 Å². The number of unbranched alkanes of at least 4 members (excludes halogenated alkanes) is 2. The molecule has 0 unspecified atom stereocenters. The van der Waals surface area contributed by atoms with E-state index in [0.717, 1.165) is 6.42 Å². The topological polar surface area (TPSA) is 0 Å². The molecule has 0 heterocycles. The molecular weight excluding hydrogens is 308 g/mol. The molecule has 2 aromatic carbocycles. The van der Waals surface area contributed by atoms with E-state index in [-0.39, 0.29) is 86.1 Å². The zero-order valence-corrected chi connectivity index (χ0v) is 21.5. The predicted octanol–water partition coefficient (Wildman–Crippen LogP) is -1.67. The van der Waals surface area contributed by atoms with Gasteiger partial charge in [-0.1, -0.05) is 68.8 Å². The molecule has 0 bridgehead atoms. The average molecular weight is 343 g/mol. The van der Waals surface area contributed by atoms with Crippen LogP contribution in [-0.2, 0) is 0 Å². The van der Waals surface area contributed by atoms with Gasteiger partial charge in [0, 0.05) is 29.6 Å². The summed E-state index contributed by atoms with van der Waals surface area (Å²) in [6, 6.07) is 16.7. The van der Waals surface area contributed by atoms with Crippen molar-refractivity contribution in [1.29, 1.82) is 0 Å². The summed E-state index contributed by atoms with van der Waals surface area (Å²) in [5.41, 5.74) is 0.